The normalized spacial score (nSPS) is 26.5. The van der Waals surface area contributed by atoms with Crippen LogP contribution in [0.25, 0.3) is 10.9 Å². The summed E-state index contributed by atoms with van der Waals surface area (Å²) in [5.74, 6) is 1.28. The Morgan fingerprint density at radius 3 is 2.70 bits per heavy atom. The monoisotopic (exact) mass is 578 g/mol. The number of aliphatic hydroxyl groups is 1. The summed E-state index contributed by atoms with van der Waals surface area (Å²) in [6.45, 7) is 4.48. The maximum absolute atomic E-state index is 13.3. The fourth-order valence-electron chi connectivity index (χ4n) is 8.97. The second-order valence-corrected chi connectivity index (χ2v) is 12.5. The number of benzene rings is 3. The largest absolute Gasteiger partial charge is 0.493 e. The number of fused-ring (bicyclic) bond motifs is 4. The van der Waals surface area contributed by atoms with Gasteiger partial charge in [0.15, 0.2) is 17.6 Å². The Bertz CT molecular complexity index is 1730. The second-order valence-electron chi connectivity index (χ2n) is 12.5. The van der Waals surface area contributed by atoms with Crippen LogP contribution in [0.1, 0.15) is 53.8 Å². The van der Waals surface area contributed by atoms with Gasteiger partial charge < -0.3 is 23.9 Å². The molecule has 0 saturated carbocycles. The van der Waals surface area contributed by atoms with E-state index in [2.05, 4.69) is 64.1 Å². The maximum atomic E-state index is 13.3. The van der Waals surface area contributed by atoms with E-state index in [0.717, 1.165) is 65.8 Å². The molecule has 2 aliphatic carbocycles. The summed E-state index contributed by atoms with van der Waals surface area (Å²) in [5, 5.41) is 14.4. The van der Waals surface area contributed by atoms with Gasteiger partial charge in [0.05, 0.1) is 36.8 Å². The molecule has 8 rings (SSSR count). The molecule has 3 aromatic carbocycles. The molecule has 1 fully saturated rings. The van der Waals surface area contributed by atoms with E-state index < -0.39 is 11.0 Å². The van der Waals surface area contributed by atoms with Crippen molar-refractivity contribution in [2.45, 2.75) is 68.7 Å². The SMILES string of the molecule is CCOC(=O)CCn1c2c(c3ccccc31)C[C@@]1(O)[C@H]3Cc4ccc(OC)c5c4[C@@]1(CCN3CCc1ccccc1)[C@H]2O5. The summed E-state index contributed by atoms with van der Waals surface area (Å²) < 4.78 is 20.5. The summed E-state index contributed by atoms with van der Waals surface area (Å²) in [4.78, 5) is 15.1. The Morgan fingerprint density at radius 1 is 1.07 bits per heavy atom. The lowest BCUT2D eigenvalue weighted by atomic mass is 9.49. The van der Waals surface area contributed by atoms with Gasteiger partial charge in [0.1, 0.15) is 0 Å². The van der Waals surface area contributed by atoms with E-state index in [4.69, 9.17) is 14.2 Å². The number of aromatic nitrogens is 1. The van der Waals surface area contributed by atoms with Crippen LogP contribution in [-0.2, 0) is 40.8 Å². The zero-order valence-corrected chi connectivity index (χ0v) is 24.8. The zero-order valence-electron chi connectivity index (χ0n) is 24.8. The highest BCUT2D eigenvalue weighted by Gasteiger charge is 2.73. The Kier molecular flexibility index (Phi) is 6.14. The van der Waals surface area contributed by atoms with Crippen molar-refractivity contribution >= 4 is 16.9 Å². The average molecular weight is 579 g/mol. The fourth-order valence-corrected chi connectivity index (χ4v) is 8.97. The molecule has 7 heteroatoms. The molecule has 43 heavy (non-hydrogen) atoms. The van der Waals surface area contributed by atoms with Crippen molar-refractivity contribution in [1.82, 2.24) is 9.47 Å². The molecule has 1 N–H and O–H groups in total. The molecule has 0 radical (unpaired) electrons. The molecule has 1 saturated heterocycles. The Labute approximate surface area is 252 Å². The van der Waals surface area contributed by atoms with Crippen LogP contribution in [0.15, 0.2) is 66.7 Å². The number of carbonyl (C=O) groups is 1. The Morgan fingerprint density at radius 2 is 1.88 bits per heavy atom. The van der Waals surface area contributed by atoms with Gasteiger partial charge in [-0.1, -0.05) is 54.6 Å². The predicted octanol–water partition coefficient (Wildman–Crippen LogP) is 5.13. The molecule has 4 aliphatic rings. The summed E-state index contributed by atoms with van der Waals surface area (Å²) in [7, 11) is 1.69. The number of likely N-dealkylation sites (tertiary alicyclic amines) is 1. The van der Waals surface area contributed by atoms with Crippen molar-refractivity contribution in [3.8, 4) is 11.5 Å². The van der Waals surface area contributed by atoms with E-state index in [0.29, 0.717) is 25.3 Å². The second kappa shape index (κ2) is 9.86. The predicted molar refractivity (Wildman–Crippen MR) is 164 cm³/mol. The van der Waals surface area contributed by atoms with Gasteiger partial charge in [-0.3, -0.25) is 9.69 Å². The third-order valence-corrected chi connectivity index (χ3v) is 10.7. The van der Waals surface area contributed by atoms with Crippen LogP contribution in [0.5, 0.6) is 11.5 Å². The molecule has 4 aromatic rings. The lowest BCUT2D eigenvalue weighted by molar-refractivity contribution is -0.173. The van der Waals surface area contributed by atoms with Crippen molar-refractivity contribution < 1.29 is 24.1 Å². The van der Waals surface area contributed by atoms with E-state index in [1.165, 1.54) is 11.1 Å². The smallest absolute Gasteiger partial charge is 0.307 e. The number of hydrogen-bond acceptors (Lipinski definition) is 6. The standard InChI is InChI=1S/C36H38N2O5/c1-3-42-30(39)16-19-38-27-12-8-7-11-25(27)26-22-36(40)29-21-24-13-14-28(41-2)33-31(24)35(36,34(43-33)32(26)38)17-20-37(29)18-15-23-9-5-4-6-10-23/h4-14,29,34,40H,3,15-22H2,1-2H3/t29-,34+,35+,36-/m1/s1. The van der Waals surface area contributed by atoms with Crippen molar-refractivity contribution in [2.75, 3.05) is 26.8 Å². The van der Waals surface area contributed by atoms with E-state index >= 15 is 0 Å². The highest BCUT2D eigenvalue weighted by Crippen LogP contribution is 2.69. The minimum Gasteiger partial charge on any atom is -0.493 e. The van der Waals surface area contributed by atoms with Crippen LogP contribution in [0, 0.1) is 0 Å². The van der Waals surface area contributed by atoms with Crippen LogP contribution < -0.4 is 9.47 Å². The van der Waals surface area contributed by atoms with Crippen LogP contribution in [0.3, 0.4) is 0 Å². The number of carbonyl (C=O) groups excluding carboxylic acids is 1. The minimum absolute atomic E-state index is 0.0438. The van der Waals surface area contributed by atoms with Crippen molar-refractivity contribution in [3.05, 3.63) is 94.7 Å². The first-order valence-electron chi connectivity index (χ1n) is 15.6. The number of hydrogen-bond donors (Lipinski definition) is 1. The van der Waals surface area contributed by atoms with Crippen LogP contribution in [0.2, 0.25) is 0 Å². The van der Waals surface area contributed by atoms with E-state index in [1.54, 1.807) is 7.11 Å². The van der Waals surface area contributed by atoms with Crippen LogP contribution in [-0.4, -0.2) is 59.0 Å². The van der Waals surface area contributed by atoms with Gasteiger partial charge in [0.25, 0.3) is 0 Å². The van der Waals surface area contributed by atoms with E-state index in [9.17, 15) is 9.90 Å². The third kappa shape index (κ3) is 3.64. The summed E-state index contributed by atoms with van der Waals surface area (Å²) >= 11 is 0. The van der Waals surface area contributed by atoms with Crippen molar-refractivity contribution in [1.29, 1.82) is 0 Å². The number of rotatable bonds is 8. The van der Waals surface area contributed by atoms with Crippen LogP contribution >= 0.6 is 0 Å². The number of aryl methyl sites for hydroxylation is 1. The molecule has 2 aliphatic heterocycles. The number of ether oxygens (including phenoxy) is 3. The van der Waals surface area contributed by atoms with Crippen molar-refractivity contribution in [2.24, 2.45) is 0 Å². The lowest BCUT2D eigenvalue weighted by Crippen LogP contribution is -2.74. The number of piperidine rings is 1. The fraction of sp³-hybridized carbons (Fsp3) is 0.417. The maximum Gasteiger partial charge on any atom is 0.307 e. The first kappa shape index (κ1) is 26.8. The van der Waals surface area contributed by atoms with Gasteiger partial charge in [-0.25, -0.2) is 0 Å². The van der Waals surface area contributed by atoms with E-state index in [1.807, 2.05) is 19.1 Å². The van der Waals surface area contributed by atoms with Crippen molar-refractivity contribution in [3.63, 3.8) is 0 Å². The highest BCUT2D eigenvalue weighted by molar-refractivity contribution is 5.87. The Hall–Kier alpha value is -3.81. The third-order valence-electron chi connectivity index (χ3n) is 10.7. The summed E-state index contributed by atoms with van der Waals surface area (Å²) in [5.41, 5.74) is 5.34. The summed E-state index contributed by atoms with van der Waals surface area (Å²) in [6, 6.07) is 23.2. The molecule has 4 atom stereocenters. The average Bonchev–Trinajstić information content (AvgIpc) is 3.52. The zero-order chi connectivity index (χ0) is 29.3. The quantitative estimate of drug-likeness (QED) is 0.292. The molecule has 2 bridgehead atoms. The molecule has 0 amide bonds. The minimum atomic E-state index is -1.03. The van der Waals surface area contributed by atoms with Crippen LogP contribution in [0.4, 0.5) is 0 Å². The molecular formula is C36H38N2O5. The van der Waals surface area contributed by atoms with Gasteiger partial charge in [-0.05, 0) is 61.6 Å². The van der Waals surface area contributed by atoms with Gasteiger partial charge in [-0.2, -0.15) is 0 Å². The van der Waals surface area contributed by atoms with Gasteiger partial charge in [0.2, 0.25) is 0 Å². The molecule has 0 unspecified atom stereocenters. The highest BCUT2D eigenvalue weighted by atomic mass is 16.5. The first-order valence-corrected chi connectivity index (χ1v) is 15.6. The van der Waals surface area contributed by atoms with Gasteiger partial charge in [0, 0.05) is 42.0 Å². The molecule has 1 spiro atoms. The molecule has 3 heterocycles. The van der Waals surface area contributed by atoms with E-state index in [-0.39, 0.29) is 24.5 Å². The molecule has 222 valence electrons. The first-order chi connectivity index (χ1) is 21.0. The number of methoxy groups -OCH3 is 1. The molecular weight excluding hydrogens is 540 g/mol. The lowest BCUT2D eigenvalue weighted by Gasteiger charge is -2.63. The number of esters is 1. The molecule has 7 nitrogen and oxygen atoms in total. The number of nitrogens with zero attached hydrogens (tertiary/aromatic N) is 2. The summed E-state index contributed by atoms with van der Waals surface area (Å²) in [6.07, 6.45) is 2.93. The topological polar surface area (TPSA) is 73.2 Å². The Balaban J connectivity index is 1.29. The number of para-hydroxylation sites is 1. The molecule has 1 aromatic heterocycles. The van der Waals surface area contributed by atoms with Gasteiger partial charge in [-0.15, -0.1) is 0 Å². The van der Waals surface area contributed by atoms with Gasteiger partial charge >= 0.3 is 5.97 Å².